The fourth-order valence-electron chi connectivity index (χ4n) is 2.36. The third kappa shape index (κ3) is 2.74. The number of benzene rings is 2. The Labute approximate surface area is 128 Å². The molecule has 21 heavy (non-hydrogen) atoms. The van der Waals surface area contributed by atoms with Gasteiger partial charge < -0.3 is 9.30 Å². The predicted molar refractivity (Wildman–Crippen MR) is 85.8 cm³/mol. The summed E-state index contributed by atoms with van der Waals surface area (Å²) in [4.78, 5) is 0. The minimum Gasteiger partial charge on any atom is -0.485 e. The van der Waals surface area contributed by atoms with E-state index in [0.717, 1.165) is 28.7 Å². The summed E-state index contributed by atoms with van der Waals surface area (Å²) in [5.74, 6) is 1.74. The van der Waals surface area contributed by atoms with Gasteiger partial charge in [-0.05, 0) is 24.6 Å². The van der Waals surface area contributed by atoms with Crippen molar-refractivity contribution in [2.75, 3.05) is 6.26 Å². The monoisotopic (exact) mass is 299 g/mol. The second-order valence-electron chi connectivity index (χ2n) is 4.61. The molecule has 4 nitrogen and oxygen atoms in total. The molecule has 0 aliphatic rings. The lowest BCUT2D eigenvalue weighted by molar-refractivity contribution is 0.291. The average Bonchev–Trinajstić information content (AvgIpc) is 2.94. The highest BCUT2D eigenvalue weighted by molar-refractivity contribution is 7.98. The zero-order valence-electron chi connectivity index (χ0n) is 12.1. The van der Waals surface area contributed by atoms with Crippen LogP contribution in [0.4, 0.5) is 0 Å². The molecule has 0 amide bonds. The fraction of sp³-hybridized carbons (Fsp3) is 0.250. The van der Waals surface area contributed by atoms with Gasteiger partial charge in [-0.1, -0.05) is 48.2 Å². The Morgan fingerprint density at radius 2 is 1.90 bits per heavy atom. The SMILES string of the molecule is CCn1c(COc2cccc3ccccc23)nnc1SC. The number of aromatic nitrogens is 3. The molecule has 0 bridgehead atoms. The summed E-state index contributed by atoms with van der Waals surface area (Å²) in [7, 11) is 0. The van der Waals surface area contributed by atoms with E-state index in [-0.39, 0.29) is 0 Å². The molecule has 0 aliphatic heterocycles. The summed E-state index contributed by atoms with van der Waals surface area (Å²) < 4.78 is 8.05. The molecule has 0 saturated heterocycles. The average molecular weight is 299 g/mol. The molecule has 1 aromatic heterocycles. The quantitative estimate of drug-likeness (QED) is 0.673. The first kappa shape index (κ1) is 13.9. The maximum atomic E-state index is 5.97. The van der Waals surface area contributed by atoms with Crippen molar-refractivity contribution in [3.63, 3.8) is 0 Å². The van der Waals surface area contributed by atoms with Crippen molar-refractivity contribution in [1.29, 1.82) is 0 Å². The van der Waals surface area contributed by atoms with Crippen molar-refractivity contribution < 1.29 is 4.74 Å². The summed E-state index contributed by atoms with van der Waals surface area (Å²) in [6.45, 7) is 3.36. The first-order valence-electron chi connectivity index (χ1n) is 6.90. The number of hydrogen-bond donors (Lipinski definition) is 0. The lowest BCUT2D eigenvalue weighted by Gasteiger charge is -2.10. The predicted octanol–water partition coefficient (Wildman–Crippen LogP) is 3.75. The molecular weight excluding hydrogens is 282 g/mol. The molecule has 0 aliphatic carbocycles. The molecule has 0 radical (unpaired) electrons. The molecule has 0 spiro atoms. The molecule has 3 rings (SSSR count). The minimum absolute atomic E-state index is 0.426. The maximum absolute atomic E-state index is 5.97. The van der Waals surface area contributed by atoms with E-state index in [2.05, 4.69) is 39.9 Å². The summed E-state index contributed by atoms with van der Waals surface area (Å²) in [5, 5.41) is 11.6. The van der Waals surface area contributed by atoms with Gasteiger partial charge in [0, 0.05) is 11.9 Å². The Bertz CT molecular complexity index is 749. The molecule has 0 unspecified atom stereocenters. The van der Waals surface area contributed by atoms with Crippen LogP contribution in [0.2, 0.25) is 0 Å². The van der Waals surface area contributed by atoms with Crippen molar-refractivity contribution in [3.05, 3.63) is 48.3 Å². The van der Waals surface area contributed by atoms with E-state index in [9.17, 15) is 0 Å². The van der Waals surface area contributed by atoms with E-state index < -0.39 is 0 Å². The second-order valence-corrected chi connectivity index (χ2v) is 5.39. The van der Waals surface area contributed by atoms with Gasteiger partial charge >= 0.3 is 0 Å². The van der Waals surface area contributed by atoms with Crippen LogP contribution in [-0.4, -0.2) is 21.0 Å². The van der Waals surface area contributed by atoms with Gasteiger partial charge in [-0.15, -0.1) is 10.2 Å². The zero-order valence-corrected chi connectivity index (χ0v) is 12.9. The highest BCUT2D eigenvalue weighted by Crippen LogP contribution is 2.26. The lowest BCUT2D eigenvalue weighted by atomic mass is 10.1. The Morgan fingerprint density at radius 1 is 1.10 bits per heavy atom. The van der Waals surface area contributed by atoms with E-state index in [4.69, 9.17) is 4.74 Å². The first-order chi connectivity index (χ1) is 10.3. The number of thioether (sulfide) groups is 1. The Hall–Kier alpha value is -2.01. The maximum Gasteiger partial charge on any atom is 0.191 e. The lowest BCUT2D eigenvalue weighted by Crippen LogP contribution is -2.07. The smallest absolute Gasteiger partial charge is 0.191 e. The Morgan fingerprint density at radius 3 is 2.71 bits per heavy atom. The van der Waals surface area contributed by atoms with Gasteiger partial charge in [-0.25, -0.2) is 0 Å². The third-order valence-electron chi connectivity index (χ3n) is 3.40. The van der Waals surface area contributed by atoms with Crippen LogP contribution in [0.25, 0.3) is 10.8 Å². The Balaban J connectivity index is 1.85. The molecule has 2 aromatic carbocycles. The van der Waals surface area contributed by atoms with Gasteiger partial charge in [0.15, 0.2) is 11.0 Å². The summed E-state index contributed by atoms with van der Waals surface area (Å²) in [6, 6.07) is 14.3. The highest BCUT2D eigenvalue weighted by atomic mass is 32.2. The van der Waals surface area contributed by atoms with Crippen molar-refractivity contribution in [3.8, 4) is 5.75 Å². The van der Waals surface area contributed by atoms with Crippen LogP contribution >= 0.6 is 11.8 Å². The number of fused-ring (bicyclic) bond motifs is 1. The molecule has 0 atom stereocenters. The molecule has 0 saturated carbocycles. The fourth-order valence-corrected chi connectivity index (χ4v) is 2.94. The molecule has 0 fully saturated rings. The van der Waals surface area contributed by atoms with E-state index in [1.165, 1.54) is 5.39 Å². The largest absolute Gasteiger partial charge is 0.485 e. The van der Waals surface area contributed by atoms with Crippen LogP contribution in [0.15, 0.2) is 47.6 Å². The van der Waals surface area contributed by atoms with Crippen molar-refractivity contribution in [2.45, 2.75) is 25.2 Å². The van der Waals surface area contributed by atoms with Crippen LogP contribution in [0.5, 0.6) is 5.75 Å². The van der Waals surface area contributed by atoms with Gasteiger partial charge in [-0.2, -0.15) is 0 Å². The molecule has 0 N–H and O–H groups in total. The molecule has 5 heteroatoms. The molecule has 108 valence electrons. The first-order valence-corrected chi connectivity index (χ1v) is 8.12. The standard InChI is InChI=1S/C16H17N3OS/c1-3-19-15(17-18-16(19)21-2)11-20-14-10-6-8-12-7-4-5-9-13(12)14/h4-10H,3,11H2,1-2H3. The Kier molecular flexibility index (Phi) is 4.10. The van der Waals surface area contributed by atoms with Gasteiger partial charge in [0.2, 0.25) is 0 Å². The van der Waals surface area contributed by atoms with Gasteiger partial charge in [0.25, 0.3) is 0 Å². The second kappa shape index (κ2) is 6.18. The normalized spacial score (nSPS) is 11.0. The number of nitrogens with zero attached hydrogens (tertiary/aromatic N) is 3. The summed E-state index contributed by atoms with van der Waals surface area (Å²) in [5.41, 5.74) is 0. The van der Waals surface area contributed by atoms with Gasteiger partial charge in [-0.3, -0.25) is 0 Å². The van der Waals surface area contributed by atoms with E-state index in [1.807, 2.05) is 30.5 Å². The van der Waals surface area contributed by atoms with Gasteiger partial charge in [0.05, 0.1) is 0 Å². The number of hydrogen-bond acceptors (Lipinski definition) is 4. The van der Waals surface area contributed by atoms with E-state index in [0.29, 0.717) is 6.61 Å². The van der Waals surface area contributed by atoms with Crippen LogP contribution in [0, 0.1) is 0 Å². The van der Waals surface area contributed by atoms with E-state index in [1.54, 1.807) is 11.8 Å². The molecule has 3 aromatic rings. The number of ether oxygens (including phenoxy) is 1. The van der Waals surface area contributed by atoms with Crippen LogP contribution < -0.4 is 4.74 Å². The van der Waals surface area contributed by atoms with Crippen molar-refractivity contribution in [1.82, 2.24) is 14.8 Å². The molecular formula is C16H17N3OS. The van der Waals surface area contributed by atoms with Crippen LogP contribution in [-0.2, 0) is 13.2 Å². The topological polar surface area (TPSA) is 39.9 Å². The van der Waals surface area contributed by atoms with Crippen LogP contribution in [0.1, 0.15) is 12.7 Å². The molecule has 1 heterocycles. The minimum atomic E-state index is 0.426. The number of rotatable bonds is 5. The highest BCUT2D eigenvalue weighted by Gasteiger charge is 2.11. The van der Waals surface area contributed by atoms with Crippen molar-refractivity contribution in [2.24, 2.45) is 0 Å². The van der Waals surface area contributed by atoms with E-state index >= 15 is 0 Å². The van der Waals surface area contributed by atoms with Crippen molar-refractivity contribution >= 4 is 22.5 Å². The van der Waals surface area contributed by atoms with Gasteiger partial charge in [0.1, 0.15) is 12.4 Å². The van der Waals surface area contributed by atoms with Crippen LogP contribution in [0.3, 0.4) is 0 Å². The third-order valence-corrected chi connectivity index (χ3v) is 4.07. The summed E-state index contributed by atoms with van der Waals surface area (Å²) >= 11 is 1.60. The zero-order chi connectivity index (χ0) is 14.7. The summed E-state index contributed by atoms with van der Waals surface area (Å²) in [6.07, 6.45) is 2.01.